The lowest BCUT2D eigenvalue weighted by atomic mass is 10.3. The number of benzene rings is 1. The van der Waals surface area contributed by atoms with Gasteiger partial charge in [-0.15, -0.1) is 0 Å². The molecule has 1 atom stereocenters. The third kappa shape index (κ3) is 5.69. The smallest absolute Gasteiger partial charge is 0.257 e. The maximum atomic E-state index is 13.2. The molecule has 0 aromatic heterocycles. The third-order valence-electron chi connectivity index (χ3n) is 2.49. The lowest BCUT2D eigenvalue weighted by Gasteiger charge is -2.17. The molecule has 0 aliphatic rings. The van der Waals surface area contributed by atoms with Crippen LogP contribution < -0.4 is 10.1 Å². The minimum absolute atomic E-state index is 0.0425. The molecule has 1 amide bonds. The number of ether oxygens (including phenoxy) is 1. The summed E-state index contributed by atoms with van der Waals surface area (Å²) in [6.07, 6.45) is 0. The number of carbonyl (C=O) groups excluding carboxylic acids is 1. The van der Waals surface area contributed by atoms with E-state index in [9.17, 15) is 13.4 Å². The topological polar surface area (TPSA) is 55.4 Å². The van der Waals surface area contributed by atoms with Gasteiger partial charge in [-0.05, 0) is 32.9 Å². The average molecular weight is 301 g/mol. The standard InChI is InChI=1S/C14H20FNO3S/c1-14(2,3)20(18)9-8-16-13(17)10-19-12-7-5-4-6-11(12)15/h4-7H,8-10H2,1-3H3,(H,16,17)/t20-/m0/s1. The van der Waals surface area contributed by atoms with Crippen LogP contribution in [0.15, 0.2) is 24.3 Å². The van der Waals surface area contributed by atoms with Crippen molar-refractivity contribution in [2.45, 2.75) is 25.5 Å². The van der Waals surface area contributed by atoms with Gasteiger partial charge in [0.15, 0.2) is 18.2 Å². The number of carbonyl (C=O) groups is 1. The van der Waals surface area contributed by atoms with Crippen LogP contribution >= 0.6 is 0 Å². The van der Waals surface area contributed by atoms with Crippen LogP contribution in [0.3, 0.4) is 0 Å². The number of amides is 1. The SMILES string of the molecule is CC(C)(C)[S@@](=O)CCNC(=O)COc1ccccc1F. The zero-order chi connectivity index (χ0) is 15.2. The van der Waals surface area contributed by atoms with Crippen molar-refractivity contribution in [1.82, 2.24) is 5.32 Å². The number of para-hydroxylation sites is 1. The van der Waals surface area contributed by atoms with Crippen LogP contribution in [0.2, 0.25) is 0 Å². The molecule has 0 aliphatic carbocycles. The largest absolute Gasteiger partial charge is 0.481 e. The first-order chi connectivity index (χ1) is 9.30. The Kier molecular flexibility index (Phi) is 6.13. The van der Waals surface area contributed by atoms with Crippen molar-refractivity contribution in [3.05, 3.63) is 30.1 Å². The average Bonchev–Trinajstić information content (AvgIpc) is 2.36. The minimum Gasteiger partial charge on any atom is -0.481 e. The maximum Gasteiger partial charge on any atom is 0.257 e. The zero-order valence-corrected chi connectivity index (χ0v) is 12.8. The Bertz CT molecular complexity index is 486. The quantitative estimate of drug-likeness (QED) is 0.872. The number of halogens is 1. The van der Waals surface area contributed by atoms with Crippen molar-refractivity contribution >= 4 is 16.7 Å². The van der Waals surface area contributed by atoms with Crippen molar-refractivity contribution in [2.75, 3.05) is 18.9 Å². The van der Waals surface area contributed by atoms with Gasteiger partial charge in [-0.2, -0.15) is 0 Å². The van der Waals surface area contributed by atoms with E-state index in [1.807, 2.05) is 20.8 Å². The highest BCUT2D eigenvalue weighted by Crippen LogP contribution is 2.14. The summed E-state index contributed by atoms with van der Waals surface area (Å²) >= 11 is 0. The molecule has 1 aromatic rings. The lowest BCUT2D eigenvalue weighted by molar-refractivity contribution is -0.123. The van der Waals surface area contributed by atoms with Gasteiger partial charge in [0, 0.05) is 27.8 Å². The van der Waals surface area contributed by atoms with E-state index in [0.717, 1.165) is 0 Å². The van der Waals surface area contributed by atoms with Crippen LogP contribution in [0, 0.1) is 5.82 Å². The van der Waals surface area contributed by atoms with Crippen molar-refractivity contribution in [1.29, 1.82) is 0 Å². The van der Waals surface area contributed by atoms with E-state index in [-0.39, 0.29) is 23.0 Å². The molecule has 0 unspecified atom stereocenters. The molecule has 1 aromatic carbocycles. The second-order valence-electron chi connectivity index (χ2n) is 5.23. The molecule has 112 valence electrons. The molecule has 0 aliphatic heterocycles. The van der Waals surface area contributed by atoms with Gasteiger partial charge in [-0.1, -0.05) is 12.1 Å². The summed E-state index contributed by atoms with van der Waals surface area (Å²) in [5, 5.41) is 2.60. The molecule has 0 spiro atoms. The molecule has 1 N–H and O–H groups in total. The predicted octanol–water partition coefficient (Wildman–Crippen LogP) is 1.87. The van der Waals surface area contributed by atoms with Crippen LogP contribution in [-0.2, 0) is 15.6 Å². The second kappa shape index (κ2) is 7.38. The summed E-state index contributed by atoms with van der Waals surface area (Å²) in [7, 11) is -1.01. The molecule has 6 heteroatoms. The van der Waals surface area contributed by atoms with E-state index >= 15 is 0 Å². The van der Waals surface area contributed by atoms with Gasteiger partial charge in [-0.3, -0.25) is 9.00 Å². The zero-order valence-electron chi connectivity index (χ0n) is 11.9. The summed E-state index contributed by atoms with van der Waals surface area (Å²) in [5.41, 5.74) is 0. The highest BCUT2D eigenvalue weighted by molar-refractivity contribution is 7.86. The molecule has 0 saturated carbocycles. The molecule has 1 rings (SSSR count). The molecular formula is C14H20FNO3S. The Morgan fingerprint density at radius 2 is 2.00 bits per heavy atom. The number of nitrogens with one attached hydrogen (secondary N) is 1. The number of rotatable bonds is 6. The van der Waals surface area contributed by atoms with Gasteiger partial charge in [0.2, 0.25) is 0 Å². The van der Waals surface area contributed by atoms with Crippen LogP contribution in [0.25, 0.3) is 0 Å². The Hall–Kier alpha value is -1.43. The van der Waals surface area contributed by atoms with Crippen molar-refractivity contribution in [3.63, 3.8) is 0 Å². The predicted molar refractivity (Wildman–Crippen MR) is 77.7 cm³/mol. The first-order valence-electron chi connectivity index (χ1n) is 6.33. The summed E-state index contributed by atoms with van der Waals surface area (Å²) < 4.78 is 29.7. The Balaban J connectivity index is 2.28. The maximum absolute atomic E-state index is 13.2. The first-order valence-corrected chi connectivity index (χ1v) is 7.65. The fourth-order valence-electron chi connectivity index (χ4n) is 1.35. The third-order valence-corrected chi connectivity index (χ3v) is 4.43. The van der Waals surface area contributed by atoms with Gasteiger partial charge in [0.1, 0.15) is 0 Å². The number of hydrogen-bond acceptors (Lipinski definition) is 3. The van der Waals surface area contributed by atoms with E-state index in [0.29, 0.717) is 12.3 Å². The normalized spacial score (nSPS) is 12.8. The van der Waals surface area contributed by atoms with Crippen LogP contribution in [0.1, 0.15) is 20.8 Å². The lowest BCUT2D eigenvalue weighted by Crippen LogP contribution is -2.35. The van der Waals surface area contributed by atoms with Crippen molar-refractivity contribution in [3.8, 4) is 5.75 Å². The number of hydrogen-bond donors (Lipinski definition) is 1. The van der Waals surface area contributed by atoms with Crippen LogP contribution in [0.5, 0.6) is 5.75 Å². The molecule has 0 radical (unpaired) electrons. The van der Waals surface area contributed by atoms with Gasteiger partial charge in [0.25, 0.3) is 5.91 Å². The fourth-order valence-corrected chi connectivity index (χ4v) is 2.25. The highest BCUT2D eigenvalue weighted by Gasteiger charge is 2.18. The Labute approximate surface area is 121 Å². The Morgan fingerprint density at radius 3 is 2.60 bits per heavy atom. The fraction of sp³-hybridized carbons (Fsp3) is 0.500. The molecule has 4 nitrogen and oxygen atoms in total. The first kappa shape index (κ1) is 16.6. The van der Waals surface area contributed by atoms with E-state index in [1.165, 1.54) is 12.1 Å². The molecule has 0 fully saturated rings. The van der Waals surface area contributed by atoms with Gasteiger partial charge >= 0.3 is 0 Å². The van der Waals surface area contributed by atoms with Crippen molar-refractivity contribution in [2.24, 2.45) is 0 Å². The second-order valence-corrected chi connectivity index (χ2v) is 7.56. The monoisotopic (exact) mass is 301 g/mol. The molecule has 20 heavy (non-hydrogen) atoms. The van der Waals surface area contributed by atoms with E-state index in [2.05, 4.69) is 5.32 Å². The minimum atomic E-state index is -1.01. The van der Waals surface area contributed by atoms with E-state index in [1.54, 1.807) is 12.1 Å². The summed E-state index contributed by atoms with van der Waals surface area (Å²) in [6, 6.07) is 5.89. The van der Waals surface area contributed by atoms with Gasteiger partial charge in [0.05, 0.1) is 0 Å². The van der Waals surface area contributed by atoms with E-state index in [4.69, 9.17) is 4.74 Å². The highest BCUT2D eigenvalue weighted by atomic mass is 32.2. The van der Waals surface area contributed by atoms with Crippen LogP contribution in [-0.4, -0.2) is 33.8 Å². The summed E-state index contributed by atoms with van der Waals surface area (Å²) in [6.45, 7) is 5.69. The van der Waals surface area contributed by atoms with Crippen molar-refractivity contribution < 1.29 is 18.1 Å². The molecular weight excluding hydrogens is 281 g/mol. The Morgan fingerprint density at radius 1 is 1.35 bits per heavy atom. The van der Waals surface area contributed by atoms with E-state index < -0.39 is 16.6 Å². The van der Waals surface area contributed by atoms with Gasteiger partial charge in [-0.25, -0.2) is 4.39 Å². The molecule has 0 heterocycles. The van der Waals surface area contributed by atoms with Crippen LogP contribution in [0.4, 0.5) is 4.39 Å². The summed E-state index contributed by atoms with van der Waals surface area (Å²) in [5.74, 6) is -0.441. The molecule has 0 bridgehead atoms. The molecule has 0 saturated heterocycles. The summed E-state index contributed by atoms with van der Waals surface area (Å²) in [4.78, 5) is 11.5. The van der Waals surface area contributed by atoms with Gasteiger partial charge < -0.3 is 10.1 Å².